The predicted octanol–water partition coefficient (Wildman–Crippen LogP) is 1.54. The number of benzene rings is 1. The molecule has 0 amide bonds. The van der Waals surface area contributed by atoms with Gasteiger partial charge in [-0.3, -0.25) is 13.8 Å². The van der Waals surface area contributed by atoms with E-state index in [0.29, 0.717) is 11.5 Å². The van der Waals surface area contributed by atoms with Crippen molar-refractivity contribution in [2.24, 2.45) is 0 Å². The molecule has 1 unspecified atom stereocenters. The van der Waals surface area contributed by atoms with Gasteiger partial charge in [0.1, 0.15) is 0 Å². The van der Waals surface area contributed by atoms with E-state index in [1.807, 2.05) is 43.2 Å². The van der Waals surface area contributed by atoms with Crippen molar-refractivity contribution >= 4 is 16.8 Å². The summed E-state index contributed by atoms with van der Waals surface area (Å²) in [6.45, 7) is 4.94. The number of ether oxygens (including phenoxy) is 2. The van der Waals surface area contributed by atoms with E-state index in [-0.39, 0.29) is 6.04 Å². The lowest BCUT2D eigenvalue weighted by atomic mass is 9.94. The fourth-order valence-corrected chi connectivity index (χ4v) is 5.74. The second kappa shape index (κ2) is 5.91. The first-order chi connectivity index (χ1) is 11.6. The van der Waals surface area contributed by atoms with Crippen LogP contribution in [-0.4, -0.2) is 51.6 Å². The van der Waals surface area contributed by atoms with Crippen LogP contribution in [-0.2, 0) is 29.9 Å². The second-order valence-corrected chi connectivity index (χ2v) is 8.11. The SMILES string of the molecule is CCO[C@H]1OC(=O)[C@]2(S(=O)c3ccc(C)cc3)[C@H]1ON1CCC[C@@H]12. The van der Waals surface area contributed by atoms with Gasteiger partial charge in [0, 0.05) is 18.0 Å². The van der Waals surface area contributed by atoms with Crippen molar-refractivity contribution in [1.82, 2.24) is 5.06 Å². The zero-order chi connectivity index (χ0) is 16.9. The number of hydrogen-bond donors (Lipinski definition) is 0. The summed E-state index contributed by atoms with van der Waals surface area (Å²) in [5.41, 5.74) is 1.08. The first-order valence-corrected chi connectivity index (χ1v) is 9.48. The molecule has 1 aromatic carbocycles. The lowest BCUT2D eigenvalue weighted by molar-refractivity contribution is -0.226. The molecular weight excluding hydrogens is 330 g/mol. The molecule has 1 aromatic rings. The molecule has 130 valence electrons. The maximum absolute atomic E-state index is 13.5. The van der Waals surface area contributed by atoms with Crippen LogP contribution in [0.15, 0.2) is 29.2 Å². The maximum atomic E-state index is 13.5. The van der Waals surface area contributed by atoms with E-state index in [2.05, 4.69) is 0 Å². The van der Waals surface area contributed by atoms with Crippen molar-refractivity contribution in [2.75, 3.05) is 13.2 Å². The average molecular weight is 351 g/mol. The summed E-state index contributed by atoms with van der Waals surface area (Å²) >= 11 is 0. The Morgan fingerprint density at radius 2 is 2.12 bits per heavy atom. The molecule has 3 aliphatic heterocycles. The van der Waals surface area contributed by atoms with Crippen molar-refractivity contribution in [3.63, 3.8) is 0 Å². The molecule has 3 fully saturated rings. The molecule has 0 spiro atoms. The predicted molar refractivity (Wildman–Crippen MR) is 86.4 cm³/mol. The molecule has 0 bridgehead atoms. The van der Waals surface area contributed by atoms with Crippen molar-refractivity contribution in [1.29, 1.82) is 0 Å². The molecule has 3 aliphatic rings. The number of carbonyl (C=O) groups is 1. The van der Waals surface area contributed by atoms with Crippen molar-refractivity contribution < 1.29 is 23.3 Å². The summed E-state index contributed by atoms with van der Waals surface area (Å²) in [6.07, 6.45) is 0.207. The average Bonchev–Trinajstić information content (AvgIpc) is 3.20. The molecule has 0 aliphatic carbocycles. The standard InChI is InChI=1S/C17H21NO5S/c1-3-21-15-14-17(16(19)22-15,13-5-4-10-18(13)23-14)24(20)12-8-6-11(2)7-9-12/h6-9,13-15H,3-5,10H2,1-2H3/t13-,14+,15+,17-,24?/m1/s1. The number of nitrogens with zero attached hydrogens (tertiary/aromatic N) is 1. The van der Waals surface area contributed by atoms with Crippen LogP contribution in [0.1, 0.15) is 25.3 Å². The zero-order valence-corrected chi connectivity index (χ0v) is 14.6. The molecule has 0 radical (unpaired) electrons. The topological polar surface area (TPSA) is 65.1 Å². The third kappa shape index (κ3) is 2.12. The Kier molecular flexibility index (Phi) is 3.99. The number of cyclic esters (lactones) is 1. The molecule has 0 saturated carbocycles. The highest BCUT2D eigenvalue weighted by molar-refractivity contribution is 7.87. The first kappa shape index (κ1) is 16.2. The molecule has 6 nitrogen and oxygen atoms in total. The summed E-state index contributed by atoms with van der Waals surface area (Å²) in [5, 5.41) is 1.81. The molecule has 0 aromatic heterocycles. The highest BCUT2D eigenvalue weighted by atomic mass is 32.2. The van der Waals surface area contributed by atoms with Gasteiger partial charge in [-0.1, -0.05) is 17.7 Å². The third-order valence-electron chi connectivity index (χ3n) is 5.03. The minimum Gasteiger partial charge on any atom is -0.431 e. The second-order valence-electron chi connectivity index (χ2n) is 6.43. The smallest absolute Gasteiger partial charge is 0.332 e. The quantitative estimate of drug-likeness (QED) is 0.767. The number of hydroxylamine groups is 2. The van der Waals surface area contributed by atoms with Gasteiger partial charge < -0.3 is 9.47 Å². The van der Waals surface area contributed by atoms with E-state index >= 15 is 0 Å². The number of rotatable bonds is 4. The number of fused-ring (bicyclic) bond motifs is 3. The normalized spacial score (nSPS) is 36.4. The maximum Gasteiger partial charge on any atom is 0.332 e. The van der Waals surface area contributed by atoms with Crippen LogP contribution >= 0.6 is 0 Å². The first-order valence-electron chi connectivity index (χ1n) is 8.33. The summed E-state index contributed by atoms with van der Waals surface area (Å²) < 4.78 is 23.3. The van der Waals surface area contributed by atoms with Gasteiger partial charge in [-0.2, -0.15) is 5.06 Å². The molecule has 3 saturated heterocycles. The van der Waals surface area contributed by atoms with E-state index < -0.39 is 33.9 Å². The van der Waals surface area contributed by atoms with Crippen LogP contribution in [0.3, 0.4) is 0 Å². The lowest BCUT2D eigenvalue weighted by Crippen LogP contribution is -2.54. The van der Waals surface area contributed by atoms with Crippen LogP contribution in [0, 0.1) is 6.92 Å². The number of hydrogen-bond acceptors (Lipinski definition) is 6. The molecular formula is C17H21NO5S. The van der Waals surface area contributed by atoms with Gasteiger partial charge in [0.05, 0.1) is 16.8 Å². The van der Waals surface area contributed by atoms with Crippen LogP contribution in [0.2, 0.25) is 0 Å². The summed E-state index contributed by atoms with van der Waals surface area (Å²) in [7, 11) is -1.58. The van der Waals surface area contributed by atoms with E-state index in [1.165, 1.54) is 0 Å². The van der Waals surface area contributed by atoms with Gasteiger partial charge in [0.2, 0.25) is 6.29 Å². The highest BCUT2D eigenvalue weighted by Gasteiger charge is 2.73. The van der Waals surface area contributed by atoms with Gasteiger partial charge in [0.25, 0.3) is 0 Å². The number of esters is 1. The van der Waals surface area contributed by atoms with Gasteiger partial charge in [-0.05, 0) is 38.8 Å². The van der Waals surface area contributed by atoms with Gasteiger partial charge in [-0.15, -0.1) is 0 Å². The van der Waals surface area contributed by atoms with Crippen molar-refractivity contribution in [3.8, 4) is 0 Å². The van der Waals surface area contributed by atoms with E-state index in [0.717, 1.165) is 24.9 Å². The minimum atomic E-state index is -1.58. The number of aryl methyl sites for hydroxylation is 1. The Morgan fingerprint density at radius 3 is 2.83 bits per heavy atom. The Morgan fingerprint density at radius 1 is 1.38 bits per heavy atom. The monoisotopic (exact) mass is 351 g/mol. The van der Waals surface area contributed by atoms with Crippen molar-refractivity contribution in [3.05, 3.63) is 29.8 Å². The molecule has 0 N–H and O–H groups in total. The molecule has 24 heavy (non-hydrogen) atoms. The zero-order valence-electron chi connectivity index (χ0n) is 13.8. The Bertz CT molecular complexity index is 678. The van der Waals surface area contributed by atoms with Crippen molar-refractivity contribution in [2.45, 2.75) is 54.8 Å². The highest BCUT2D eigenvalue weighted by Crippen LogP contribution is 2.50. The van der Waals surface area contributed by atoms with E-state index in [9.17, 15) is 9.00 Å². The largest absolute Gasteiger partial charge is 0.431 e. The number of carbonyl (C=O) groups excluding carboxylic acids is 1. The minimum absolute atomic E-state index is 0.234. The molecule has 5 atom stereocenters. The van der Waals surface area contributed by atoms with Gasteiger partial charge in [-0.25, -0.2) is 0 Å². The van der Waals surface area contributed by atoms with Crippen LogP contribution < -0.4 is 0 Å². The van der Waals surface area contributed by atoms with Gasteiger partial charge >= 0.3 is 5.97 Å². The van der Waals surface area contributed by atoms with Gasteiger partial charge in [0.15, 0.2) is 10.9 Å². The van der Waals surface area contributed by atoms with Crippen LogP contribution in [0.25, 0.3) is 0 Å². The Labute approximate surface area is 143 Å². The lowest BCUT2D eigenvalue weighted by Gasteiger charge is -2.27. The summed E-state index contributed by atoms with van der Waals surface area (Å²) in [4.78, 5) is 19.5. The summed E-state index contributed by atoms with van der Waals surface area (Å²) in [6, 6.07) is 7.21. The molecule has 7 heteroatoms. The Hall–Kier alpha value is -1.28. The fourth-order valence-electron chi connectivity index (χ4n) is 3.92. The third-order valence-corrected chi connectivity index (χ3v) is 7.02. The Balaban J connectivity index is 1.79. The van der Waals surface area contributed by atoms with E-state index in [4.69, 9.17) is 14.3 Å². The summed E-state index contributed by atoms with van der Waals surface area (Å²) in [5.74, 6) is -0.473. The molecule has 4 rings (SSSR count). The van der Waals surface area contributed by atoms with Crippen LogP contribution in [0.5, 0.6) is 0 Å². The van der Waals surface area contributed by atoms with E-state index in [1.54, 1.807) is 0 Å². The molecule has 3 heterocycles. The van der Waals surface area contributed by atoms with Crippen LogP contribution in [0.4, 0.5) is 0 Å². The fraction of sp³-hybridized carbons (Fsp3) is 0.588.